The van der Waals surface area contributed by atoms with Crippen molar-refractivity contribution in [3.05, 3.63) is 35.9 Å². The van der Waals surface area contributed by atoms with E-state index in [1.54, 1.807) is 0 Å². The molecule has 0 saturated heterocycles. The van der Waals surface area contributed by atoms with Crippen LogP contribution in [0.4, 0.5) is 0 Å². The van der Waals surface area contributed by atoms with Crippen LogP contribution in [0.1, 0.15) is 11.6 Å². The zero-order valence-corrected chi connectivity index (χ0v) is 8.37. The molecule has 1 unspecified atom stereocenters. The summed E-state index contributed by atoms with van der Waals surface area (Å²) in [5.41, 5.74) is 0.869. The summed E-state index contributed by atoms with van der Waals surface area (Å²) in [5, 5.41) is 11.7. The molecule has 0 spiro atoms. The van der Waals surface area contributed by atoms with Crippen LogP contribution in [0.5, 0.6) is 0 Å². The van der Waals surface area contributed by atoms with Crippen LogP contribution < -0.4 is 5.32 Å². The third-order valence-electron chi connectivity index (χ3n) is 1.84. The highest BCUT2D eigenvalue weighted by molar-refractivity contribution is 6.27. The summed E-state index contributed by atoms with van der Waals surface area (Å²) < 4.78 is 0. The van der Waals surface area contributed by atoms with Gasteiger partial charge in [-0.25, -0.2) is 0 Å². The molecule has 0 aromatic heterocycles. The van der Waals surface area contributed by atoms with Crippen LogP contribution in [0.15, 0.2) is 30.3 Å². The van der Waals surface area contributed by atoms with Crippen molar-refractivity contribution < 1.29 is 9.90 Å². The van der Waals surface area contributed by atoms with E-state index in [1.807, 2.05) is 30.3 Å². The molecule has 1 aromatic rings. The third-order valence-corrected chi connectivity index (χ3v) is 2.08. The van der Waals surface area contributed by atoms with Crippen LogP contribution in [0.25, 0.3) is 0 Å². The van der Waals surface area contributed by atoms with E-state index >= 15 is 0 Å². The number of halogens is 1. The lowest BCUT2D eigenvalue weighted by Gasteiger charge is -2.15. The smallest absolute Gasteiger partial charge is 0.235 e. The highest BCUT2D eigenvalue weighted by atomic mass is 35.5. The number of hydrogen-bond acceptors (Lipinski definition) is 2. The fourth-order valence-corrected chi connectivity index (χ4v) is 1.23. The molecule has 4 heteroatoms. The van der Waals surface area contributed by atoms with E-state index in [4.69, 9.17) is 16.7 Å². The maximum Gasteiger partial charge on any atom is 0.235 e. The first kappa shape index (κ1) is 11.0. The summed E-state index contributed by atoms with van der Waals surface area (Å²) in [5.74, 6) is -0.377. The average Bonchev–Trinajstić information content (AvgIpc) is 2.26. The molecule has 1 amide bonds. The molecule has 0 aliphatic heterocycles. The van der Waals surface area contributed by atoms with Crippen molar-refractivity contribution in [1.82, 2.24) is 5.32 Å². The molecule has 0 saturated carbocycles. The zero-order chi connectivity index (χ0) is 10.4. The predicted molar refractivity (Wildman–Crippen MR) is 55.1 cm³/mol. The first-order valence-electron chi connectivity index (χ1n) is 4.29. The molecular weight excluding hydrogens is 202 g/mol. The van der Waals surface area contributed by atoms with Gasteiger partial charge < -0.3 is 10.4 Å². The summed E-state index contributed by atoms with van der Waals surface area (Å²) in [7, 11) is 0. The lowest BCUT2D eigenvalue weighted by Crippen LogP contribution is -2.31. The van der Waals surface area contributed by atoms with Crippen LogP contribution in [0.3, 0.4) is 0 Å². The molecular formula is C10H12ClNO2. The molecule has 76 valence electrons. The summed E-state index contributed by atoms with van der Waals surface area (Å²) in [4.78, 5) is 11.0. The second-order valence-electron chi connectivity index (χ2n) is 2.85. The molecule has 2 N–H and O–H groups in total. The van der Waals surface area contributed by atoms with Gasteiger partial charge in [0, 0.05) is 0 Å². The van der Waals surface area contributed by atoms with Gasteiger partial charge in [-0.1, -0.05) is 30.3 Å². The average molecular weight is 214 g/mol. The van der Waals surface area contributed by atoms with Crippen molar-refractivity contribution in [3.63, 3.8) is 0 Å². The Labute approximate surface area is 87.7 Å². The quantitative estimate of drug-likeness (QED) is 0.736. The Balaban J connectivity index is 2.68. The Hall–Kier alpha value is -1.06. The van der Waals surface area contributed by atoms with E-state index in [-0.39, 0.29) is 24.4 Å². The third kappa shape index (κ3) is 3.01. The lowest BCUT2D eigenvalue weighted by atomic mass is 10.1. The molecule has 1 rings (SSSR count). The molecule has 0 bridgehead atoms. The largest absolute Gasteiger partial charge is 0.394 e. The normalized spacial score (nSPS) is 12.1. The van der Waals surface area contributed by atoms with Crippen molar-refractivity contribution in [1.29, 1.82) is 0 Å². The summed E-state index contributed by atoms with van der Waals surface area (Å²) in [6.45, 7) is -0.132. The van der Waals surface area contributed by atoms with E-state index in [2.05, 4.69) is 5.32 Å². The van der Waals surface area contributed by atoms with Gasteiger partial charge in [-0.2, -0.15) is 0 Å². The number of aliphatic hydroxyl groups excluding tert-OH is 1. The Morgan fingerprint density at radius 2 is 2.07 bits per heavy atom. The Kier molecular flexibility index (Phi) is 4.43. The fraction of sp³-hybridized carbons (Fsp3) is 0.300. The van der Waals surface area contributed by atoms with E-state index in [1.165, 1.54) is 0 Å². The van der Waals surface area contributed by atoms with Gasteiger partial charge in [0.15, 0.2) is 0 Å². The van der Waals surface area contributed by atoms with Gasteiger partial charge in [0.1, 0.15) is 5.88 Å². The minimum atomic E-state index is -0.373. The first-order chi connectivity index (χ1) is 6.77. The molecule has 14 heavy (non-hydrogen) atoms. The summed E-state index contributed by atoms with van der Waals surface area (Å²) in [6.07, 6.45) is 0. The number of benzene rings is 1. The SMILES string of the molecule is O=C(CCl)NC(CO)c1ccccc1. The number of aliphatic hydroxyl groups is 1. The van der Waals surface area contributed by atoms with Gasteiger partial charge in [0.25, 0.3) is 0 Å². The van der Waals surface area contributed by atoms with Gasteiger partial charge >= 0.3 is 0 Å². The minimum absolute atomic E-state index is 0.0939. The van der Waals surface area contributed by atoms with Crippen molar-refractivity contribution in [2.75, 3.05) is 12.5 Å². The number of hydrogen-bond donors (Lipinski definition) is 2. The predicted octanol–water partition coefficient (Wildman–Crippen LogP) is 1.07. The molecule has 0 aliphatic carbocycles. The second kappa shape index (κ2) is 5.62. The molecule has 3 nitrogen and oxygen atoms in total. The Morgan fingerprint density at radius 3 is 2.57 bits per heavy atom. The van der Waals surface area contributed by atoms with Gasteiger partial charge in [-0.05, 0) is 5.56 Å². The van der Waals surface area contributed by atoms with Crippen LogP contribution in [0, 0.1) is 0 Å². The molecule has 1 atom stereocenters. The van der Waals surface area contributed by atoms with E-state index in [0.717, 1.165) is 5.56 Å². The maximum absolute atomic E-state index is 11.0. The standard InChI is InChI=1S/C10H12ClNO2/c11-6-10(14)12-9(7-13)8-4-2-1-3-5-8/h1-5,9,13H,6-7H2,(H,12,14). The van der Waals surface area contributed by atoms with Crippen molar-refractivity contribution in [2.45, 2.75) is 6.04 Å². The minimum Gasteiger partial charge on any atom is -0.394 e. The van der Waals surface area contributed by atoms with Gasteiger partial charge in [0.05, 0.1) is 12.6 Å². The number of nitrogens with one attached hydrogen (secondary N) is 1. The molecule has 0 fully saturated rings. The van der Waals surface area contributed by atoms with E-state index in [0.29, 0.717) is 0 Å². The molecule has 0 aliphatic rings. The van der Waals surface area contributed by atoms with Crippen molar-refractivity contribution in [2.24, 2.45) is 0 Å². The number of carbonyl (C=O) groups excluding carboxylic acids is 1. The number of rotatable bonds is 4. The van der Waals surface area contributed by atoms with Gasteiger partial charge in [-0.3, -0.25) is 4.79 Å². The Bertz CT molecular complexity index is 289. The molecule has 0 heterocycles. The monoisotopic (exact) mass is 213 g/mol. The summed E-state index contributed by atoms with van der Waals surface area (Å²) >= 11 is 5.35. The number of amides is 1. The number of carbonyl (C=O) groups is 1. The van der Waals surface area contributed by atoms with Gasteiger partial charge in [-0.15, -0.1) is 11.6 Å². The maximum atomic E-state index is 11.0. The number of alkyl halides is 1. The summed E-state index contributed by atoms with van der Waals surface area (Å²) in [6, 6.07) is 8.89. The molecule has 0 radical (unpaired) electrons. The van der Waals surface area contributed by atoms with Crippen molar-refractivity contribution >= 4 is 17.5 Å². The van der Waals surface area contributed by atoms with E-state index < -0.39 is 0 Å². The lowest BCUT2D eigenvalue weighted by molar-refractivity contribution is -0.119. The topological polar surface area (TPSA) is 49.3 Å². The second-order valence-corrected chi connectivity index (χ2v) is 3.11. The Morgan fingerprint density at radius 1 is 1.43 bits per heavy atom. The first-order valence-corrected chi connectivity index (χ1v) is 4.82. The fourth-order valence-electron chi connectivity index (χ4n) is 1.15. The van der Waals surface area contributed by atoms with Crippen LogP contribution in [0.2, 0.25) is 0 Å². The van der Waals surface area contributed by atoms with Crippen LogP contribution >= 0.6 is 11.6 Å². The van der Waals surface area contributed by atoms with Crippen molar-refractivity contribution in [3.8, 4) is 0 Å². The van der Waals surface area contributed by atoms with Crippen LogP contribution in [-0.4, -0.2) is 23.5 Å². The highest BCUT2D eigenvalue weighted by Crippen LogP contribution is 2.11. The van der Waals surface area contributed by atoms with Gasteiger partial charge in [0.2, 0.25) is 5.91 Å². The molecule has 1 aromatic carbocycles. The van der Waals surface area contributed by atoms with E-state index in [9.17, 15) is 4.79 Å². The van der Waals surface area contributed by atoms with Crippen LogP contribution in [-0.2, 0) is 4.79 Å². The highest BCUT2D eigenvalue weighted by Gasteiger charge is 2.11. The zero-order valence-electron chi connectivity index (χ0n) is 7.61.